The van der Waals surface area contributed by atoms with Crippen molar-refractivity contribution in [3.8, 4) is 0 Å². The lowest BCUT2D eigenvalue weighted by Crippen LogP contribution is -2.10. The van der Waals surface area contributed by atoms with Gasteiger partial charge in [-0.3, -0.25) is 0 Å². The molecule has 1 saturated carbocycles. The molecule has 0 spiro atoms. The van der Waals surface area contributed by atoms with E-state index in [1.807, 2.05) is 0 Å². The molecule has 0 saturated heterocycles. The van der Waals surface area contributed by atoms with E-state index in [1.165, 1.54) is 43.2 Å². The maximum absolute atomic E-state index is 3.93. The smallest absolute Gasteiger partial charge is 0.0106 e. The van der Waals surface area contributed by atoms with E-state index in [-0.39, 0.29) is 0 Å². The predicted molar refractivity (Wildman–Crippen MR) is 83.7 cm³/mol. The normalized spacial score (nSPS) is 16.4. The van der Waals surface area contributed by atoms with E-state index in [0.29, 0.717) is 0 Å². The van der Waals surface area contributed by atoms with E-state index < -0.39 is 0 Å². The van der Waals surface area contributed by atoms with Crippen molar-refractivity contribution in [1.82, 2.24) is 0 Å². The average molecular weight is 305 g/mol. The predicted octanol–water partition coefficient (Wildman–Crippen LogP) is 5.95. The molecular weight excluding hydrogens is 284 g/mol. The summed E-state index contributed by atoms with van der Waals surface area (Å²) in [6.45, 7) is 3.93. The highest BCUT2D eigenvalue weighted by Crippen LogP contribution is 2.32. The largest absolute Gasteiger partial charge is 0.0847 e. The molecule has 0 nitrogen and oxygen atoms in total. The summed E-state index contributed by atoms with van der Waals surface area (Å²) in [4.78, 5) is 0. The van der Waals surface area contributed by atoms with Crippen molar-refractivity contribution in [2.24, 2.45) is 5.92 Å². The van der Waals surface area contributed by atoms with Gasteiger partial charge in [-0.2, -0.15) is 0 Å². The maximum Gasteiger partial charge on any atom is 0.0106 e. The number of hydrogen-bond donors (Lipinski definition) is 0. The molecule has 1 aliphatic rings. The quantitative estimate of drug-likeness (QED) is 0.570. The van der Waals surface area contributed by atoms with Crippen LogP contribution in [0.3, 0.4) is 0 Å². The van der Waals surface area contributed by atoms with Crippen LogP contribution in [-0.4, -0.2) is 0 Å². The molecule has 2 rings (SSSR count). The minimum absolute atomic E-state index is 0.963. The fraction of sp³-hybridized carbons (Fsp3) is 0.412. The second-order valence-electron chi connectivity index (χ2n) is 5.17. The highest BCUT2D eigenvalue weighted by molar-refractivity contribution is 9.11. The van der Waals surface area contributed by atoms with Crippen LogP contribution in [0.5, 0.6) is 0 Å². The summed E-state index contributed by atoms with van der Waals surface area (Å²) in [5.41, 5.74) is 2.73. The molecule has 0 aromatic heterocycles. The maximum atomic E-state index is 3.93. The van der Waals surface area contributed by atoms with Gasteiger partial charge in [0.05, 0.1) is 0 Å². The third kappa shape index (κ3) is 4.13. The van der Waals surface area contributed by atoms with Crippen LogP contribution in [0.25, 0.3) is 5.57 Å². The molecule has 1 aromatic rings. The third-order valence-corrected chi connectivity index (χ3v) is 3.99. The van der Waals surface area contributed by atoms with E-state index in [4.69, 9.17) is 0 Å². The summed E-state index contributed by atoms with van der Waals surface area (Å²) < 4.78 is 0.963. The van der Waals surface area contributed by atoms with Crippen molar-refractivity contribution in [3.05, 3.63) is 53.0 Å². The topological polar surface area (TPSA) is 0 Å². The van der Waals surface area contributed by atoms with Crippen molar-refractivity contribution in [2.75, 3.05) is 0 Å². The molecule has 1 aliphatic carbocycles. The fourth-order valence-electron chi connectivity index (χ4n) is 2.50. The van der Waals surface area contributed by atoms with Gasteiger partial charge in [-0.1, -0.05) is 78.5 Å². The zero-order chi connectivity index (χ0) is 12.8. The van der Waals surface area contributed by atoms with Gasteiger partial charge in [0.1, 0.15) is 0 Å². The summed E-state index contributed by atoms with van der Waals surface area (Å²) in [5.74, 6) is 1.01. The molecule has 0 radical (unpaired) electrons. The van der Waals surface area contributed by atoms with E-state index >= 15 is 0 Å². The van der Waals surface area contributed by atoms with Crippen LogP contribution < -0.4 is 0 Å². The Morgan fingerprint density at radius 2 is 2.00 bits per heavy atom. The van der Waals surface area contributed by atoms with Crippen LogP contribution in [0.4, 0.5) is 0 Å². The molecule has 0 amide bonds. The lowest BCUT2D eigenvalue weighted by Gasteiger charge is -2.25. The Labute approximate surface area is 119 Å². The Bertz CT molecular complexity index is 412. The Balaban J connectivity index is 1.95. The van der Waals surface area contributed by atoms with Crippen molar-refractivity contribution in [2.45, 2.75) is 38.5 Å². The second kappa shape index (κ2) is 6.94. The van der Waals surface area contributed by atoms with Crippen LogP contribution in [-0.2, 0) is 0 Å². The zero-order valence-electron chi connectivity index (χ0n) is 10.9. The Hall–Kier alpha value is -0.820. The van der Waals surface area contributed by atoms with Gasteiger partial charge in [0.15, 0.2) is 0 Å². The molecule has 0 heterocycles. The number of rotatable bonds is 6. The average Bonchev–Trinajstić information content (AvgIpc) is 2.31. The van der Waals surface area contributed by atoms with Crippen molar-refractivity contribution >= 4 is 21.5 Å². The first-order valence-corrected chi connectivity index (χ1v) is 7.65. The lowest BCUT2D eigenvalue weighted by molar-refractivity contribution is 0.291. The molecular formula is C17H21Br. The summed E-state index contributed by atoms with van der Waals surface area (Å²) in [6, 6.07) is 10.6. The first-order valence-electron chi connectivity index (χ1n) is 6.86. The van der Waals surface area contributed by atoms with Crippen molar-refractivity contribution in [1.29, 1.82) is 0 Å². The standard InChI is InChI=1S/C17H21Br/c1-14(18)13-17(16-10-3-2-4-11-16)12-6-9-15-7-5-8-15/h2-4,10-11,13,15H,1,5-9,12H2/b17-13+. The molecule has 1 aromatic carbocycles. The Morgan fingerprint density at radius 1 is 1.28 bits per heavy atom. The molecule has 1 heteroatoms. The van der Waals surface area contributed by atoms with Gasteiger partial charge in [-0.25, -0.2) is 0 Å². The van der Waals surface area contributed by atoms with E-state index in [2.05, 4.69) is 58.9 Å². The van der Waals surface area contributed by atoms with E-state index in [9.17, 15) is 0 Å². The van der Waals surface area contributed by atoms with Crippen molar-refractivity contribution in [3.63, 3.8) is 0 Å². The van der Waals surface area contributed by atoms with Gasteiger partial charge in [-0.15, -0.1) is 0 Å². The minimum Gasteiger partial charge on any atom is -0.0847 e. The SMILES string of the molecule is C=C(Br)/C=C(\CCCC1CCC1)c1ccccc1. The first-order chi connectivity index (χ1) is 8.75. The highest BCUT2D eigenvalue weighted by atomic mass is 79.9. The molecule has 0 N–H and O–H groups in total. The summed E-state index contributed by atoms with van der Waals surface area (Å²) in [5, 5.41) is 0. The van der Waals surface area contributed by atoms with Crippen LogP contribution in [0, 0.1) is 5.92 Å². The Morgan fingerprint density at radius 3 is 2.56 bits per heavy atom. The first kappa shape index (κ1) is 13.6. The minimum atomic E-state index is 0.963. The fourth-order valence-corrected chi connectivity index (χ4v) is 2.78. The molecule has 0 aliphatic heterocycles. The van der Waals surface area contributed by atoms with Crippen LogP contribution >= 0.6 is 15.9 Å². The summed E-state index contributed by atoms with van der Waals surface area (Å²) >= 11 is 3.45. The number of hydrogen-bond acceptors (Lipinski definition) is 0. The number of halogens is 1. The van der Waals surface area contributed by atoms with E-state index in [1.54, 1.807) is 0 Å². The van der Waals surface area contributed by atoms with E-state index in [0.717, 1.165) is 16.8 Å². The summed E-state index contributed by atoms with van der Waals surface area (Å²) in [7, 11) is 0. The lowest BCUT2D eigenvalue weighted by atomic mass is 9.81. The van der Waals surface area contributed by atoms with Crippen LogP contribution in [0.2, 0.25) is 0 Å². The summed E-state index contributed by atoms with van der Waals surface area (Å²) in [6.07, 6.45) is 10.4. The van der Waals surface area contributed by atoms with Crippen LogP contribution in [0.1, 0.15) is 44.1 Å². The molecule has 18 heavy (non-hydrogen) atoms. The number of benzene rings is 1. The monoisotopic (exact) mass is 304 g/mol. The number of allylic oxidation sites excluding steroid dienone is 3. The zero-order valence-corrected chi connectivity index (χ0v) is 12.5. The molecule has 0 atom stereocenters. The van der Waals surface area contributed by atoms with Gasteiger partial charge >= 0.3 is 0 Å². The highest BCUT2D eigenvalue weighted by Gasteiger charge is 2.16. The Kier molecular flexibility index (Phi) is 5.25. The molecule has 0 bridgehead atoms. The van der Waals surface area contributed by atoms with Gasteiger partial charge < -0.3 is 0 Å². The third-order valence-electron chi connectivity index (χ3n) is 3.76. The molecule has 96 valence electrons. The van der Waals surface area contributed by atoms with Crippen molar-refractivity contribution < 1.29 is 0 Å². The molecule has 0 unspecified atom stereocenters. The molecule has 1 fully saturated rings. The van der Waals surface area contributed by atoms with Gasteiger partial charge in [0, 0.05) is 4.48 Å². The van der Waals surface area contributed by atoms with Gasteiger partial charge in [0.25, 0.3) is 0 Å². The van der Waals surface area contributed by atoms with Crippen LogP contribution in [0.15, 0.2) is 47.5 Å². The van der Waals surface area contributed by atoms with Gasteiger partial charge in [-0.05, 0) is 36.0 Å². The second-order valence-corrected chi connectivity index (χ2v) is 6.19. The van der Waals surface area contributed by atoms with Gasteiger partial charge in [0.2, 0.25) is 0 Å².